The van der Waals surface area contributed by atoms with Crippen LogP contribution in [0.25, 0.3) is 0 Å². The third kappa shape index (κ3) is 4.63. The van der Waals surface area contributed by atoms with Gasteiger partial charge in [0.1, 0.15) is 18.5 Å². The molecule has 0 spiro atoms. The number of primary amides is 1. The highest BCUT2D eigenvalue weighted by atomic mass is 31.2. The summed E-state index contributed by atoms with van der Waals surface area (Å²) in [7, 11) is -3.29. The fourth-order valence-corrected chi connectivity index (χ4v) is 4.23. The molecule has 1 amide bonds. The molecule has 0 radical (unpaired) electrons. The smallest absolute Gasteiger partial charge is 0.330 e. The van der Waals surface area contributed by atoms with E-state index in [1.165, 1.54) is 6.33 Å². The second-order valence-corrected chi connectivity index (χ2v) is 7.60. The average Bonchev–Trinajstić information content (AvgIpc) is 3.13. The van der Waals surface area contributed by atoms with Crippen LogP contribution < -0.4 is 5.73 Å². The third-order valence-electron chi connectivity index (χ3n) is 3.67. The molecule has 25 heavy (non-hydrogen) atoms. The fourth-order valence-electron chi connectivity index (χ4n) is 2.54. The molecule has 1 aromatic heterocycles. The number of aromatic nitrogens is 3. The van der Waals surface area contributed by atoms with Crippen LogP contribution >= 0.6 is 7.60 Å². The minimum Gasteiger partial charge on any atom is -0.388 e. The van der Waals surface area contributed by atoms with Crippen molar-refractivity contribution in [1.29, 1.82) is 0 Å². The van der Waals surface area contributed by atoms with Crippen LogP contribution in [0.4, 0.5) is 0 Å². The zero-order valence-electron chi connectivity index (χ0n) is 14.0. The third-order valence-corrected chi connectivity index (χ3v) is 5.78. The van der Waals surface area contributed by atoms with Crippen molar-refractivity contribution in [1.82, 2.24) is 14.8 Å². The Labute approximate surface area is 144 Å². The van der Waals surface area contributed by atoms with Gasteiger partial charge in [-0.1, -0.05) is 0 Å². The summed E-state index contributed by atoms with van der Waals surface area (Å²) in [5.41, 5.74) is 5.08. The van der Waals surface area contributed by atoms with Crippen molar-refractivity contribution in [2.75, 3.05) is 19.4 Å². The summed E-state index contributed by atoms with van der Waals surface area (Å²) in [6.07, 6.45) is -3.04. The number of carbonyl (C=O) groups is 1. The van der Waals surface area contributed by atoms with Crippen molar-refractivity contribution in [3.8, 4) is 0 Å². The molecule has 1 saturated heterocycles. The molecule has 0 unspecified atom stereocenters. The number of aliphatic hydroxyl groups is 2. The minimum atomic E-state index is -3.29. The van der Waals surface area contributed by atoms with E-state index in [1.807, 2.05) is 0 Å². The Hall–Kier alpha value is -1.36. The van der Waals surface area contributed by atoms with E-state index in [0.29, 0.717) is 0 Å². The van der Waals surface area contributed by atoms with Crippen molar-refractivity contribution in [3.63, 3.8) is 0 Å². The second kappa shape index (κ2) is 8.35. The molecule has 0 aromatic carbocycles. The number of hydrogen-bond acceptors (Lipinski definition) is 9. The zero-order valence-corrected chi connectivity index (χ0v) is 14.9. The largest absolute Gasteiger partial charge is 0.388 e. The summed E-state index contributed by atoms with van der Waals surface area (Å²) in [5.74, 6) is -1.05. The van der Waals surface area contributed by atoms with Gasteiger partial charge in [0.2, 0.25) is 5.82 Å². The highest BCUT2D eigenvalue weighted by molar-refractivity contribution is 7.53. The second-order valence-electron chi connectivity index (χ2n) is 5.42. The lowest BCUT2D eigenvalue weighted by molar-refractivity contribution is -0.0453. The standard InChI is InChI=1S/C13H23N4O7P/c1-3-22-25(21,23-4-2)6-5-8-9(18)10(19)13(24-8)17-7-15-12(16-17)11(14)20/h7-10,13,18-19H,3-6H2,1-2H3,(H2,14,20)/t8-,9-,10-,13-/m1/s1. The molecule has 4 N–H and O–H groups in total. The quantitative estimate of drug-likeness (QED) is 0.488. The summed E-state index contributed by atoms with van der Waals surface area (Å²) in [4.78, 5) is 14.7. The van der Waals surface area contributed by atoms with Gasteiger partial charge in [0.05, 0.1) is 25.5 Å². The normalized spacial score (nSPS) is 26.9. The maximum absolute atomic E-state index is 12.5. The Morgan fingerprint density at radius 1 is 1.36 bits per heavy atom. The van der Waals surface area contributed by atoms with Gasteiger partial charge in [0.15, 0.2) is 6.23 Å². The van der Waals surface area contributed by atoms with Crippen LogP contribution in [0.1, 0.15) is 37.1 Å². The minimum absolute atomic E-state index is 0.0275. The summed E-state index contributed by atoms with van der Waals surface area (Å²) >= 11 is 0. The van der Waals surface area contributed by atoms with Crippen molar-refractivity contribution in [2.24, 2.45) is 5.73 Å². The molecule has 2 heterocycles. The van der Waals surface area contributed by atoms with E-state index in [1.54, 1.807) is 13.8 Å². The predicted molar refractivity (Wildman–Crippen MR) is 84.8 cm³/mol. The van der Waals surface area contributed by atoms with E-state index < -0.39 is 38.0 Å². The average molecular weight is 378 g/mol. The summed E-state index contributed by atoms with van der Waals surface area (Å²) in [6, 6.07) is 0. The van der Waals surface area contributed by atoms with Crippen LogP contribution in [0.15, 0.2) is 6.33 Å². The van der Waals surface area contributed by atoms with Crippen LogP contribution in [0.2, 0.25) is 0 Å². The molecule has 12 heteroatoms. The van der Waals surface area contributed by atoms with E-state index in [4.69, 9.17) is 19.5 Å². The number of carbonyl (C=O) groups excluding carboxylic acids is 1. The van der Waals surface area contributed by atoms with Gasteiger partial charge in [-0.25, -0.2) is 9.67 Å². The van der Waals surface area contributed by atoms with E-state index in [9.17, 15) is 19.6 Å². The van der Waals surface area contributed by atoms with E-state index >= 15 is 0 Å². The molecule has 1 aromatic rings. The molecule has 0 bridgehead atoms. The van der Waals surface area contributed by atoms with Crippen molar-refractivity contribution >= 4 is 13.5 Å². The number of hydrogen-bond donors (Lipinski definition) is 3. The molecular formula is C13H23N4O7P. The summed E-state index contributed by atoms with van der Waals surface area (Å²) in [6.45, 7) is 3.86. The van der Waals surface area contributed by atoms with Crippen LogP contribution in [-0.4, -0.2) is 68.6 Å². The van der Waals surface area contributed by atoms with Crippen molar-refractivity contribution in [2.45, 2.75) is 44.8 Å². The van der Waals surface area contributed by atoms with Gasteiger partial charge in [0, 0.05) is 0 Å². The Kier molecular flexibility index (Phi) is 6.66. The Morgan fingerprint density at radius 2 is 2.00 bits per heavy atom. The lowest BCUT2D eigenvalue weighted by Crippen LogP contribution is -2.32. The Bertz CT molecular complexity index is 630. The molecule has 0 aliphatic carbocycles. The number of rotatable bonds is 9. The monoisotopic (exact) mass is 378 g/mol. The van der Waals surface area contributed by atoms with Crippen molar-refractivity contribution < 1.29 is 33.4 Å². The van der Waals surface area contributed by atoms with Gasteiger partial charge in [-0.3, -0.25) is 9.36 Å². The molecular weight excluding hydrogens is 355 g/mol. The first-order chi connectivity index (χ1) is 11.8. The topological polar surface area (TPSA) is 159 Å². The molecule has 1 fully saturated rings. The number of nitrogens with two attached hydrogens (primary N) is 1. The number of aliphatic hydroxyl groups excluding tert-OH is 2. The van der Waals surface area contributed by atoms with Gasteiger partial charge < -0.3 is 29.7 Å². The molecule has 4 atom stereocenters. The van der Waals surface area contributed by atoms with Gasteiger partial charge >= 0.3 is 7.60 Å². The summed E-state index contributed by atoms with van der Waals surface area (Å²) < 4.78 is 29.5. The number of nitrogens with zero attached hydrogens (tertiary/aromatic N) is 3. The van der Waals surface area contributed by atoms with Gasteiger partial charge in [-0.15, -0.1) is 5.10 Å². The van der Waals surface area contributed by atoms with Gasteiger partial charge in [-0.2, -0.15) is 0 Å². The molecule has 2 rings (SSSR count). The van der Waals surface area contributed by atoms with E-state index in [0.717, 1.165) is 4.68 Å². The van der Waals surface area contributed by atoms with Gasteiger partial charge in [0.25, 0.3) is 5.91 Å². The highest BCUT2D eigenvalue weighted by Crippen LogP contribution is 2.49. The molecule has 11 nitrogen and oxygen atoms in total. The predicted octanol–water partition coefficient (Wildman–Crippen LogP) is -0.348. The molecule has 1 aliphatic rings. The lowest BCUT2D eigenvalue weighted by atomic mass is 10.1. The Balaban J connectivity index is 2.03. The fraction of sp³-hybridized carbons (Fsp3) is 0.769. The summed E-state index contributed by atoms with van der Waals surface area (Å²) in [5, 5.41) is 24.1. The van der Waals surface area contributed by atoms with Crippen LogP contribution in [0, 0.1) is 0 Å². The number of ether oxygens (including phenoxy) is 1. The van der Waals surface area contributed by atoms with Crippen LogP contribution in [0.3, 0.4) is 0 Å². The van der Waals surface area contributed by atoms with E-state index in [2.05, 4.69) is 10.1 Å². The lowest BCUT2D eigenvalue weighted by Gasteiger charge is -2.20. The van der Waals surface area contributed by atoms with Gasteiger partial charge in [-0.05, 0) is 20.3 Å². The first-order valence-electron chi connectivity index (χ1n) is 7.92. The number of amides is 1. The first kappa shape index (κ1) is 20.0. The van der Waals surface area contributed by atoms with E-state index in [-0.39, 0.29) is 31.6 Å². The SMILES string of the molecule is CCOP(=O)(CC[C@H]1O[C@@H](n2cnc(C(N)=O)n2)[C@H](O)[C@@H]1O)OCC. The Morgan fingerprint density at radius 3 is 2.52 bits per heavy atom. The molecule has 0 saturated carbocycles. The molecule has 142 valence electrons. The van der Waals surface area contributed by atoms with Crippen LogP contribution in [0.5, 0.6) is 0 Å². The maximum atomic E-state index is 12.5. The first-order valence-corrected chi connectivity index (χ1v) is 9.64. The highest BCUT2D eigenvalue weighted by Gasteiger charge is 2.45. The maximum Gasteiger partial charge on any atom is 0.330 e. The van der Waals surface area contributed by atoms with Crippen LogP contribution in [-0.2, 0) is 18.3 Å². The molecule has 1 aliphatic heterocycles. The van der Waals surface area contributed by atoms with Crippen molar-refractivity contribution in [3.05, 3.63) is 12.2 Å². The zero-order chi connectivity index (χ0) is 18.6.